The van der Waals surface area contributed by atoms with Gasteiger partial charge in [0.2, 0.25) is 0 Å². The summed E-state index contributed by atoms with van der Waals surface area (Å²) in [6, 6.07) is 9.66. The number of benzene rings is 1. The topological polar surface area (TPSA) is 39.8 Å². The van der Waals surface area contributed by atoms with Crippen molar-refractivity contribution < 1.29 is 0 Å². The van der Waals surface area contributed by atoms with Crippen molar-refractivity contribution in [3.63, 3.8) is 0 Å². The van der Waals surface area contributed by atoms with Gasteiger partial charge in [-0.3, -0.25) is 4.57 Å². The quantitative estimate of drug-likeness (QED) is 0.793. The van der Waals surface area contributed by atoms with Crippen LogP contribution in [0.3, 0.4) is 0 Å². The van der Waals surface area contributed by atoms with E-state index < -0.39 is 0 Å². The molecule has 0 aliphatic carbocycles. The SMILES string of the molecule is CC(C)(C)n1nc(-c2ccccc2)n(CC#CBr)c1=O. The van der Waals surface area contributed by atoms with Gasteiger partial charge in [0.05, 0.1) is 12.1 Å². The van der Waals surface area contributed by atoms with Crippen molar-refractivity contribution >= 4 is 15.9 Å². The van der Waals surface area contributed by atoms with Crippen LogP contribution in [0.15, 0.2) is 35.1 Å². The van der Waals surface area contributed by atoms with Gasteiger partial charge >= 0.3 is 5.69 Å². The second-order valence-corrected chi connectivity index (χ2v) is 5.81. The second kappa shape index (κ2) is 5.68. The lowest BCUT2D eigenvalue weighted by molar-refractivity contribution is 0.341. The van der Waals surface area contributed by atoms with Gasteiger partial charge in [-0.2, -0.15) is 0 Å². The molecule has 0 unspecified atom stereocenters. The summed E-state index contributed by atoms with van der Waals surface area (Å²) in [5.41, 5.74) is 0.392. The number of hydrogen-bond donors (Lipinski definition) is 0. The summed E-state index contributed by atoms with van der Waals surface area (Å²) in [7, 11) is 0. The number of rotatable bonds is 2. The molecular weight excluding hydrogens is 318 g/mol. The first-order valence-electron chi connectivity index (χ1n) is 6.29. The standard InChI is InChI=1S/C15H16BrN3O/c1-15(2,3)19-14(20)18(11-7-10-16)13(17-19)12-8-5-4-6-9-12/h4-6,8-9H,11H2,1-3H3. The highest BCUT2D eigenvalue weighted by Gasteiger charge is 2.22. The van der Waals surface area contributed by atoms with Gasteiger partial charge in [0.15, 0.2) is 5.82 Å². The molecule has 20 heavy (non-hydrogen) atoms. The maximum absolute atomic E-state index is 12.5. The molecule has 0 aliphatic heterocycles. The predicted molar refractivity (Wildman–Crippen MR) is 83.6 cm³/mol. The van der Waals surface area contributed by atoms with Crippen LogP contribution in [0.25, 0.3) is 11.4 Å². The highest BCUT2D eigenvalue weighted by molar-refractivity contribution is 9.12. The third-order valence-electron chi connectivity index (χ3n) is 2.83. The average Bonchev–Trinajstić information content (AvgIpc) is 2.74. The molecule has 104 valence electrons. The average molecular weight is 334 g/mol. The van der Waals surface area contributed by atoms with Gasteiger partial charge in [-0.15, -0.1) is 5.10 Å². The Morgan fingerprint density at radius 1 is 1.25 bits per heavy atom. The van der Waals surface area contributed by atoms with Gasteiger partial charge in [0.1, 0.15) is 0 Å². The van der Waals surface area contributed by atoms with Crippen LogP contribution in [-0.4, -0.2) is 14.3 Å². The van der Waals surface area contributed by atoms with Crippen molar-refractivity contribution in [1.82, 2.24) is 14.3 Å². The lowest BCUT2D eigenvalue weighted by Gasteiger charge is -2.16. The predicted octanol–water partition coefficient (Wildman–Crippen LogP) is 2.82. The van der Waals surface area contributed by atoms with E-state index in [9.17, 15) is 4.79 Å². The van der Waals surface area contributed by atoms with Gasteiger partial charge in [0.25, 0.3) is 0 Å². The third-order valence-corrected chi connectivity index (χ3v) is 3.11. The molecule has 0 atom stereocenters. The smallest absolute Gasteiger partial charge is 0.263 e. The van der Waals surface area contributed by atoms with E-state index in [1.165, 1.54) is 4.68 Å². The first-order chi connectivity index (χ1) is 9.45. The summed E-state index contributed by atoms with van der Waals surface area (Å²) in [5.74, 6) is 3.50. The number of halogens is 1. The van der Waals surface area contributed by atoms with Gasteiger partial charge < -0.3 is 0 Å². The number of nitrogens with zero attached hydrogens (tertiary/aromatic N) is 3. The minimum Gasteiger partial charge on any atom is -0.263 e. The molecule has 4 nitrogen and oxygen atoms in total. The van der Waals surface area contributed by atoms with Crippen molar-refractivity contribution in [2.24, 2.45) is 0 Å². The molecule has 2 aromatic rings. The number of aromatic nitrogens is 3. The van der Waals surface area contributed by atoms with E-state index in [0.29, 0.717) is 12.4 Å². The molecule has 0 amide bonds. The van der Waals surface area contributed by atoms with Crippen LogP contribution in [0.5, 0.6) is 0 Å². The van der Waals surface area contributed by atoms with E-state index in [1.54, 1.807) is 4.57 Å². The number of hydrogen-bond acceptors (Lipinski definition) is 2. The van der Waals surface area contributed by atoms with Crippen LogP contribution in [-0.2, 0) is 12.1 Å². The molecule has 0 fully saturated rings. The van der Waals surface area contributed by atoms with Gasteiger partial charge in [-0.05, 0) is 25.6 Å². The normalized spacial score (nSPS) is 11.0. The lowest BCUT2D eigenvalue weighted by Crippen LogP contribution is -2.35. The van der Waals surface area contributed by atoms with Gasteiger partial charge in [-0.25, -0.2) is 9.48 Å². The zero-order chi connectivity index (χ0) is 14.8. The van der Waals surface area contributed by atoms with Crippen molar-refractivity contribution in [3.05, 3.63) is 40.8 Å². The third kappa shape index (κ3) is 2.86. The second-order valence-electron chi connectivity index (χ2n) is 5.41. The maximum Gasteiger partial charge on any atom is 0.347 e. The molecule has 2 rings (SSSR count). The summed E-state index contributed by atoms with van der Waals surface area (Å²) in [6.07, 6.45) is 0. The van der Waals surface area contributed by atoms with Crippen LogP contribution in [0.1, 0.15) is 20.8 Å². The molecule has 0 N–H and O–H groups in total. The Balaban J connectivity index is 2.66. The van der Waals surface area contributed by atoms with Crippen molar-refractivity contribution in [1.29, 1.82) is 0 Å². The molecule has 0 saturated carbocycles. The van der Waals surface area contributed by atoms with E-state index >= 15 is 0 Å². The van der Waals surface area contributed by atoms with Crippen LogP contribution in [0, 0.1) is 10.8 Å². The fourth-order valence-electron chi connectivity index (χ4n) is 1.89. The van der Waals surface area contributed by atoms with E-state index in [2.05, 4.69) is 31.8 Å². The molecule has 1 aromatic heterocycles. The zero-order valence-corrected chi connectivity index (χ0v) is 13.3. The molecule has 0 spiro atoms. The molecule has 1 heterocycles. The Bertz CT molecular complexity index is 712. The van der Waals surface area contributed by atoms with Gasteiger partial charge in [0, 0.05) is 21.5 Å². The Morgan fingerprint density at radius 3 is 2.45 bits per heavy atom. The first kappa shape index (κ1) is 14.6. The molecule has 0 saturated heterocycles. The van der Waals surface area contributed by atoms with Crippen molar-refractivity contribution in [2.45, 2.75) is 32.9 Å². The van der Waals surface area contributed by atoms with Crippen molar-refractivity contribution in [2.75, 3.05) is 0 Å². The molecule has 0 aliphatic rings. The van der Waals surface area contributed by atoms with Crippen LogP contribution >= 0.6 is 15.9 Å². The minimum absolute atomic E-state index is 0.147. The van der Waals surface area contributed by atoms with E-state index in [-0.39, 0.29) is 11.2 Å². The van der Waals surface area contributed by atoms with Crippen LogP contribution in [0.4, 0.5) is 0 Å². The van der Waals surface area contributed by atoms with Crippen molar-refractivity contribution in [3.8, 4) is 22.1 Å². The molecule has 0 bridgehead atoms. The summed E-state index contributed by atoms with van der Waals surface area (Å²) in [6.45, 7) is 6.18. The molecule has 0 radical (unpaired) electrons. The Kier molecular flexibility index (Phi) is 4.15. The fraction of sp³-hybridized carbons (Fsp3) is 0.333. The van der Waals surface area contributed by atoms with E-state index in [4.69, 9.17) is 0 Å². The summed E-state index contributed by atoms with van der Waals surface area (Å²) in [5, 5.41) is 4.49. The minimum atomic E-state index is -0.367. The Morgan fingerprint density at radius 2 is 1.90 bits per heavy atom. The largest absolute Gasteiger partial charge is 0.347 e. The highest BCUT2D eigenvalue weighted by Crippen LogP contribution is 2.18. The first-order valence-corrected chi connectivity index (χ1v) is 7.08. The zero-order valence-electron chi connectivity index (χ0n) is 11.7. The van der Waals surface area contributed by atoms with E-state index in [0.717, 1.165) is 5.56 Å². The monoisotopic (exact) mass is 333 g/mol. The van der Waals surface area contributed by atoms with Gasteiger partial charge in [-0.1, -0.05) is 36.3 Å². The molecule has 1 aromatic carbocycles. The Labute approximate surface area is 126 Å². The van der Waals surface area contributed by atoms with E-state index in [1.807, 2.05) is 51.1 Å². The summed E-state index contributed by atoms with van der Waals surface area (Å²) < 4.78 is 3.10. The fourth-order valence-corrected chi connectivity index (χ4v) is 2.01. The lowest BCUT2D eigenvalue weighted by atomic mass is 10.1. The molecular formula is C15H16BrN3O. The summed E-state index contributed by atoms with van der Waals surface area (Å²) >= 11 is 3.05. The molecule has 5 heteroatoms. The van der Waals surface area contributed by atoms with Crippen LogP contribution in [0.2, 0.25) is 0 Å². The Hall–Kier alpha value is -1.80. The van der Waals surface area contributed by atoms with Crippen LogP contribution < -0.4 is 5.69 Å². The maximum atomic E-state index is 12.5. The summed E-state index contributed by atoms with van der Waals surface area (Å²) in [4.78, 5) is 15.1. The highest BCUT2D eigenvalue weighted by atomic mass is 79.9.